The molecule has 0 fully saturated rings. The van der Waals surface area contributed by atoms with Crippen LogP contribution in [0.1, 0.15) is 19.8 Å². The first-order valence-electron chi connectivity index (χ1n) is 2.75. The van der Waals surface area contributed by atoms with Crippen LogP contribution in [0.2, 0.25) is 0 Å². The lowest BCUT2D eigenvalue weighted by atomic mass is 10.3. The third-order valence-electron chi connectivity index (χ3n) is 0.712. The molecule has 0 unspecified atom stereocenters. The van der Waals surface area contributed by atoms with Gasteiger partial charge in [0.15, 0.2) is 0 Å². The quantitative estimate of drug-likeness (QED) is 0.359. The van der Waals surface area contributed by atoms with Crippen molar-refractivity contribution in [1.82, 2.24) is 0 Å². The normalized spacial score (nSPS) is 5.33. The van der Waals surface area contributed by atoms with Gasteiger partial charge in [-0.25, -0.2) is 0 Å². The highest BCUT2D eigenvalue weighted by Gasteiger charge is 1.70. The minimum absolute atomic E-state index is 0.783. The fraction of sp³-hybridized carbons (Fsp3) is 0.333. The molecular weight excluding hydrogens is 108 g/mol. The van der Waals surface area contributed by atoms with E-state index in [2.05, 4.69) is 29.6 Å². The smallest absolute Gasteiger partial charge is 0.0209 e. The third kappa shape index (κ3) is 6.68. The Labute approximate surface area is 56.7 Å². The molecule has 0 spiro atoms. The van der Waals surface area contributed by atoms with Crippen LogP contribution in [-0.2, 0) is 0 Å². The average molecular weight is 116 g/mol. The Balaban J connectivity index is 3.29. The molecular formula is C9H8. The van der Waals surface area contributed by atoms with E-state index in [9.17, 15) is 0 Å². The Kier molecular flexibility index (Phi) is 5.70. The van der Waals surface area contributed by atoms with Crippen molar-refractivity contribution in [2.75, 3.05) is 0 Å². The summed E-state index contributed by atoms with van der Waals surface area (Å²) in [4.78, 5) is 0. The van der Waals surface area contributed by atoms with Crippen molar-refractivity contribution < 1.29 is 0 Å². The number of hydrogen-bond donors (Lipinski definition) is 0. The van der Waals surface area contributed by atoms with E-state index in [0.717, 1.165) is 12.8 Å². The van der Waals surface area contributed by atoms with Crippen molar-refractivity contribution >= 4 is 0 Å². The summed E-state index contributed by atoms with van der Waals surface area (Å²) in [5.74, 6) is 13.2. The van der Waals surface area contributed by atoms with Crippen molar-refractivity contribution in [3.8, 4) is 36.0 Å². The summed E-state index contributed by atoms with van der Waals surface area (Å²) in [6, 6.07) is 0. The predicted molar refractivity (Wildman–Crippen MR) is 39.3 cm³/mol. The van der Waals surface area contributed by atoms with Crippen LogP contribution in [0, 0.1) is 36.0 Å². The Morgan fingerprint density at radius 1 is 1.22 bits per heavy atom. The highest BCUT2D eigenvalue weighted by molar-refractivity contribution is 5.22. The Hall–Kier alpha value is -1.32. The van der Waals surface area contributed by atoms with Crippen LogP contribution in [0.15, 0.2) is 0 Å². The van der Waals surface area contributed by atoms with E-state index in [4.69, 9.17) is 6.42 Å². The van der Waals surface area contributed by atoms with Crippen LogP contribution in [-0.4, -0.2) is 0 Å². The topological polar surface area (TPSA) is 0 Å². The maximum atomic E-state index is 4.88. The Morgan fingerprint density at radius 2 is 1.89 bits per heavy atom. The van der Waals surface area contributed by atoms with Crippen LogP contribution in [0.4, 0.5) is 0 Å². The largest absolute Gasteiger partial charge is 0.107 e. The van der Waals surface area contributed by atoms with Crippen LogP contribution in [0.25, 0.3) is 0 Å². The molecule has 0 heterocycles. The molecule has 0 N–H and O–H groups in total. The minimum atomic E-state index is 0.783. The van der Waals surface area contributed by atoms with E-state index in [-0.39, 0.29) is 0 Å². The Bertz CT molecular complexity index is 206. The molecule has 0 aromatic heterocycles. The van der Waals surface area contributed by atoms with Crippen molar-refractivity contribution in [3.05, 3.63) is 0 Å². The number of terminal acetylenes is 1. The molecule has 0 nitrogen and oxygen atoms in total. The molecule has 0 saturated heterocycles. The van der Waals surface area contributed by atoms with E-state index >= 15 is 0 Å². The lowest BCUT2D eigenvalue weighted by Crippen LogP contribution is -1.63. The summed E-state index contributed by atoms with van der Waals surface area (Å²) in [7, 11) is 0. The third-order valence-corrected chi connectivity index (χ3v) is 0.712. The molecule has 0 saturated carbocycles. The van der Waals surface area contributed by atoms with Gasteiger partial charge in [-0.3, -0.25) is 0 Å². The molecule has 0 atom stereocenters. The molecule has 0 amide bonds. The van der Waals surface area contributed by atoms with E-state index in [1.807, 2.05) is 6.92 Å². The van der Waals surface area contributed by atoms with Crippen LogP contribution in [0.5, 0.6) is 0 Å². The molecule has 9 heavy (non-hydrogen) atoms. The highest BCUT2D eigenvalue weighted by atomic mass is 13.7. The van der Waals surface area contributed by atoms with Crippen molar-refractivity contribution in [1.29, 1.82) is 0 Å². The first kappa shape index (κ1) is 7.68. The van der Waals surface area contributed by atoms with Crippen LogP contribution in [0.3, 0.4) is 0 Å². The number of rotatable bonds is 1. The molecule has 0 aromatic carbocycles. The minimum Gasteiger partial charge on any atom is -0.107 e. The second-order valence-electron chi connectivity index (χ2n) is 1.37. The van der Waals surface area contributed by atoms with Crippen LogP contribution < -0.4 is 0 Å². The maximum Gasteiger partial charge on any atom is 0.0209 e. The zero-order valence-corrected chi connectivity index (χ0v) is 5.49. The van der Waals surface area contributed by atoms with Gasteiger partial charge in [-0.15, -0.1) is 18.3 Å². The summed E-state index contributed by atoms with van der Waals surface area (Å²) in [6.45, 7) is 1.81. The highest BCUT2D eigenvalue weighted by Crippen LogP contribution is 1.81. The van der Waals surface area contributed by atoms with Gasteiger partial charge < -0.3 is 0 Å². The van der Waals surface area contributed by atoms with Crippen molar-refractivity contribution in [2.24, 2.45) is 0 Å². The van der Waals surface area contributed by atoms with E-state index in [0.29, 0.717) is 0 Å². The van der Waals surface area contributed by atoms with Gasteiger partial charge in [-0.05, 0) is 18.8 Å². The first-order chi connectivity index (χ1) is 4.41. The fourth-order valence-electron chi connectivity index (χ4n) is 0.364. The summed E-state index contributed by atoms with van der Waals surface area (Å²) in [6.07, 6.45) is 6.49. The molecule has 0 bridgehead atoms. The molecule has 0 radical (unpaired) electrons. The van der Waals surface area contributed by atoms with Gasteiger partial charge in [0.1, 0.15) is 0 Å². The van der Waals surface area contributed by atoms with Gasteiger partial charge in [0.2, 0.25) is 0 Å². The predicted octanol–water partition coefficient (Wildman–Crippen LogP) is 1.43. The summed E-state index contributed by atoms with van der Waals surface area (Å²) in [5.41, 5.74) is 0. The van der Waals surface area contributed by atoms with Gasteiger partial charge in [0.25, 0.3) is 0 Å². The second kappa shape index (κ2) is 6.68. The molecule has 0 rings (SSSR count). The molecule has 44 valence electrons. The lowest BCUT2D eigenvalue weighted by molar-refractivity contribution is 1.12. The lowest BCUT2D eigenvalue weighted by Gasteiger charge is -1.73. The SMILES string of the molecule is C#CC#CCCC#CC. The molecule has 0 aliphatic rings. The second-order valence-corrected chi connectivity index (χ2v) is 1.37. The van der Waals surface area contributed by atoms with Gasteiger partial charge >= 0.3 is 0 Å². The van der Waals surface area contributed by atoms with Crippen molar-refractivity contribution in [2.45, 2.75) is 19.8 Å². The molecule has 0 aliphatic carbocycles. The van der Waals surface area contributed by atoms with Gasteiger partial charge in [0.05, 0.1) is 0 Å². The van der Waals surface area contributed by atoms with Gasteiger partial charge in [0, 0.05) is 12.8 Å². The van der Waals surface area contributed by atoms with E-state index in [1.54, 1.807) is 0 Å². The molecule has 0 aliphatic heterocycles. The zero-order valence-electron chi connectivity index (χ0n) is 5.49. The fourth-order valence-corrected chi connectivity index (χ4v) is 0.364. The summed E-state index contributed by atoms with van der Waals surface area (Å²) < 4.78 is 0. The van der Waals surface area contributed by atoms with E-state index < -0.39 is 0 Å². The van der Waals surface area contributed by atoms with Crippen molar-refractivity contribution in [3.63, 3.8) is 0 Å². The molecule has 0 heteroatoms. The summed E-state index contributed by atoms with van der Waals surface area (Å²) >= 11 is 0. The van der Waals surface area contributed by atoms with Crippen LogP contribution >= 0.6 is 0 Å². The Morgan fingerprint density at radius 3 is 2.44 bits per heavy atom. The van der Waals surface area contributed by atoms with Gasteiger partial charge in [-0.1, -0.05) is 5.92 Å². The average Bonchev–Trinajstić information content (AvgIpc) is 1.89. The van der Waals surface area contributed by atoms with E-state index in [1.165, 1.54) is 0 Å². The molecule has 0 aromatic rings. The maximum absolute atomic E-state index is 4.88. The standard InChI is InChI=1S/C9H8/c1-3-5-7-9-8-6-4-2/h1H,8-9H2,2H3. The zero-order chi connectivity index (χ0) is 6.95. The van der Waals surface area contributed by atoms with Gasteiger partial charge in [-0.2, -0.15) is 0 Å². The number of unbranched alkanes of at least 4 members (excludes halogenated alkanes) is 1. The first-order valence-corrected chi connectivity index (χ1v) is 2.75. The summed E-state index contributed by atoms with van der Waals surface area (Å²) in [5, 5.41) is 0. The monoisotopic (exact) mass is 116 g/mol. The number of hydrogen-bond acceptors (Lipinski definition) is 0.